The molecular formula is C22H22ClN3O4S. The van der Waals surface area contributed by atoms with Gasteiger partial charge < -0.3 is 20.3 Å². The van der Waals surface area contributed by atoms with Crippen molar-refractivity contribution in [2.75, 3.05) is 19.7 Å². The number of nitrogens with zero attached hydrogens (tertiary/aromatic N) is 2. The molecule has 2 aliphatic heterocycles. The lowest BCUT2D eigenvalue weighted by Gasteiger charge is -2.35. The Kier molecular flexibility index (Phi) is 5.47. The molecule has 2 atom stereocenters. The summed E-state index contributed by atoms with van der Waals surface area (Å²) >= 11 is 8.01. The van der Waals surface area contributed by atoms with Crippen molar-refractivity contribution >= 4 is 39.2 Å². The Bertz CT molecular complexity index is 1150. The van der Waals surface area contributed by atoms with Crippen LogP contribution in [0.25, 0.3) is 21.3 Å². The van der Waals surface area contributed by atoms with Crippen LogP contribution in [0.2, 0.25) is 5.02 Å². The number of carboxylic acid groups (broad SMARTS) is 1. The van der Waals surface area contributed by atoms with Gasteiger partial charge in [-0.25, -0.2) is 4.79 Å². The normalized spacial score (nSPS) is 21.1. The highest BCUT2D eigenvalue weighted by atomic mass is 35.5. The first-order chi connectivity index (χ1) is 15.0. The smallest absolute Gasteiger partial charge is 0.404 e. The van der Waals surface area contributed by atoms with E-state index in [1.807, 2.05) is 24.3 Å². The summed E-state index contributed by atoms with van der Waals surface area (Å²) < 4.78 is 7.02. The number of aromatic nitrogens is 1. The van der Waals surface area contributed by atoms with E-state index in [9.17, 15) is 9.90 Å². The van der Waals surface area contributed by atoms with Gasteiger partial charge in [-0.15, -0.1) is 11.3 Å². The molecule has 2 aromatic heterocycles. The molecule has 0 radical (unpaired) electrons. The number of amides is 1. The minimum atomic E-state index is -0.983. The lowest BCUT2D eigenvalue weighted by atomic mass is 9.90. The molecule has 1 aromatic carbocycles. The molecule has 0 aliphatic carbocycles. The van der Waals surface area contributed by atoms with Crippen molar-refractivity contribution in [1.82, 2.24) is 15.2 Å². The van der Waals surface area contributed by atoms with E-state index in [1.54, 1.807) is 6.20 Å². The molecule has 0 bridgehead atoms. The second kappa shape index (κ2) is 8.27. The molecule has 4 heterocycles. The molecule has 162 valence electrons. The number of thiophene rings is 1. The van der Waals surface area contributed by atoms with Crippen molar-refractivity contribution in [3.05, 3.63) is 45.9 Å². The second-order valence-corrected chi connectivity index (χ2v) is 9.47. The van der Waals surface area contributed by atoms with Crippen LogP contribution in [0.4, 0.5) is 4.79 Å². The van der Waals surface area contributed by atoms with Crippen LogP contribution in [0.1, 0.15) is 29.3 Å². The maximum Gasteiger partial charge on any atom is 0.404 e. The van der Waals surface area contributed by atoms with Gasteiger partial charge in [-0.2, -0.15) is 0 Å². The summed E-state index contributed by atoms with van der Waals surface area (Å²) in [5, 5.41) is 21.9. The molecule has 0 saturated carbocycles. The number of hydrogen-bond donors (Lipinski definition) is 3. The summed E-state index contributed by atoms with van der Waals surface area (Å²) in [5.41, 5.74) is 3.95. The third-order valence-electron chi connectivity index (χ3n) is 5.99. The van der Waals surface area contributed by atoms with Gasteiger partial charge in [0.1, 0.15) is 5.75 Å². The summed E-state index contributed by atoms with van der Waals surface area (Å²) in [6.07, 6.45) is 2.40. The van der Waals surface area contributed by atoms with Crippen LogP contribution in [0.15, 0.2) is 30.5 Å². The maximum atomic E-state index is 11.1. The van der Waals surface area contributed by atoms with Gasteiger partial charge in [-0.1, -0.05) is 11.6 Å². The van der Waals surface area contributed by atoms with Crippen molar-refractivity contribution in [3.8, 4) is 16.9 Å². The van der Waals surface area contributed by atoms with Crippen LogP contribution in [-0.2, 0) is 6.61 Å². The highest BCUT2D eigenvalue weighted by molar-refractivity contribution is 7.19. The Morgan fingerprint density at radius 1 is 1.32 bits per heavy atom. The van der Waals surface area contributed by atoms with E-state index in [-0.39, 0.29) is 18.7 Å². The van der Waals surface area contributed by atoms with Gasteiger partial charge in [0, 0.05) is 58.8 Å². The van der Waals surface area contributed by atoms with Crippen LogP contribution in [-0.4, -0.2) is 51.9 Å². The largest absolute Gasteiger partial charge is 0.493 e. The quantitative estimate of drug-likeness (QED) is 0.539. The van der Waals surface area contributed by atoms with Gasteiger partial charge in [-0.05, 0) is 36.2 Å². The lowest BCUT2D eigenvalue weighted by molar-refractivity contribution is 0.161. The number of carbonyl (C=O) groups is 1. The number of fused-ring (bicyclic) bond motifs is 2. The van der Waals surface area contributed by atoms with E-state index >= 15 is 0 Å². The van der Waals surface area contributed by atoms with E-state index < -0.39 is 6.09 Å². The minimum absolute atomic E-state index is 0.0222. The van der Waals surface area contributed by atoms with E-state index in [4.69, 9.17) is 21.4 Å². The number of benzene rings is 1. The highest BCUT2D eigenvalue weighted by Crippen LogP contribution is 2.47. The maximum absolute atomic E-state index is 11.1. The first kappa shape index (κ1) is 20.5. The summed E-state index contributed by atoms with van der Waals surface area (Å²) in [6.45, 7) is 2.05. The fraction of sp³-hybridized carbons (Fsp3) is 0.364. The molecule has 9 heteroatoms. The summed E-state index contributed by atoms with van der Waals surface area (Å²) in [7, 11) is 0. The number of nitrogens with one attached hydrogen (secondary N) is 1. The number of hydrogen-bond acceptors (Lipinski definition) is 6. The topological polar surface area (TPSA) is 94.9 Å². The third kappa shape index (κ3) is 3.85. The molecule has 1 amide bonds. The summed E-state index contributed by atoms with van der Waals surface area (Å²) in [5.74, 6) is 0.775. The SMILES string of the molecule is O=C(O)NC1CCN(C2CCOc3cc(Cl)cc(-c4ccnc5cc(CO)sc45)c32)C1. The van der Waals surface area contributed by atoms with Crippen molar-refractivity contribution in [3.63, 3.8) is 0 Å². The average molecular weight is 460 g/mol. The number of rotatable bonds is 4. The van der Waals surface area contributed by atoms with Crippen LogP contribution >= 0.6 is 22.9 Å². The number of likely N-dealkylation sites (tertiary alicyclic amines) is 1. The summed E-state index contributed by atoms with van der Waals surface area (Å²) in [6, 6.07) is 7.77. The first-order valence-corrected chi connectivity index (χ1v) is 11.4. The number of ether oxygens (including phenoxy) is 1. The van der Waals surface area contributed by atoms with Gasteiger partial charge >= 0.3 is 6.09 Å². The molecule has 1 fully saturated rings. The molecule has 2 aliphatic rings. The molecule has 3 N–H and O–H groups in total. The molecule has 2 unspecified atom stereocenters. The van der Waals surface area contributed by atoms with Gasteiger partial charge in [0.2, 0.25) is 0 Å². The minimum Gasteiger partial charge on any atom is -0.493 e. The molecule has 1 saturated heterocycles. The van der Waals surface area contributed by atoms with Crippen LogP contribution in [0, 0.1) is 0 Å². The first-order valence-electron chi connectivity index (χ1n) is 10.2. The van der Waals surface area contributed by atoms with E-state index in [1.165, 1.54) is 11.3 Å². The van der Waals surface area contributed by atoms with Crippen LogP contribution < -0.4 is 10.1 Å². The Morgan fingerprint density at radius 2 is 2.19 bits per heavy atom. The number of aliphatic hydroxyl groups is 1. The standard InChI is InChI=1S/C22H22ClN3O4S/c23-12-7-16(15-1-4-24-17-9-14(11-27)31-21(15)17)20-18(3-6-30-19(20)8-12)26-5-2-13(10-26)25-22(28)29/h1,4,7-9,13,18,25,27H,2-3,5-6,10-11H2,(H,28,29). The fourth-order valence-corrected chi connectivity index (χ4v) is 5.92. The summed E-state index contributed by atoms with van der Waals surface area (Å²) in [4.78, 5) is 18.7. The molecule has 5 rings (SSSR count). The Morgan fingerprint density at radius 3 is 3.00 bits per heavy atom. The van der Waals surface area contributed by atoms with Gasteiger partial charge in [0.05, 0.1) is 23.4 Å². The lowest BCUT2D eigenvalue weighted by Crippen LogP contribution is -2.38. The fourth-order valence-electron chi connectivity index (χ4n) is 4.71. The average Bonchev–Trinajstić information content (AvgIpc) is 3.38. The van der Waals surface area contributed by atoms with Crippen molar-refractivity contribution in [2.45, 2.75) is 31.5 Å². The number of halogens is 1. The molecular weight excluding hydrogens is 438 g/mol. The third-order valence-corrected chi connectivity index (χ3v) is 7.35. The Labute approximate surface area is 188 Å². The zero-order valence-electron chi connectivity index (χ0n) is 16.7. The predicted molar refractivity (Wildman–Crippen MR) is 120 cm³/mol. The number of aliphatic hydroxyl groups excluding tert-OH is 1. The molecule has 31 heavy (non-hydrogen) atoms. The highest BCUT2D eigenvalue weighted by Gasteiger charge is 2.35. The van der Waals surface area contributed by atoms with E-state index in [2.05, 4.69) is 15.2 Å². The van der Waals surface area contributed by atoms with Crippen LogP contribution in [0.5, 0.6) is 5.75 Å². The Hall–Kier alpha value is -2.39. The van der Waals surface area contributed by atoms with Gasteiger partial charge in [-0.3, -0.25) is 9.88 Å². The number of pyridine rings is 1. The van der Waals surface area contributed by atoms with Crippen molar-refractivity contribution < 1.29 is 19.7 Å². The predicted octanol–water partition coefficient (Wildman–Crippen LogP) is 4.27. The monoisotopic (exact) mass is 459 g/mol. The van der Waals surface area contributed by atoms with E-state index in [0.29, 0.717) is 18.2 Å². The second-order valence-electron chi connectivity index (χ2n) is 7.89. The zero-order chi connectivity index (χ0) is 21.5. The van der Waals surface area contributed by atoms with Crippen molar-refractivity contribution in [2.24, 2.45) is 0 Å². The van der Waals surface area contributed by atoms with Gasteiger partial charge in [0.15, 0.2) is 0 Å². The molecule has 3 aromatic rings. The van der Waals surface area contributed by atoms with Gasteiger partial charge in [0.25, 0.3) is 0 Å². The van der Waals surface area contributed by atoms with E-state index in [0.717, 1.165) is 56.9 Å². The zero-order valence-corrected chi connectivity index (χ0v) is 18.2. The Balaban J connectivity index is 1.60. The molecule has 0 spiro atoms. The molecule has 7 nitrogen and oxygen atoms in total. The van der Waals surface area contributed by atoms with Crippen LogP contribution in [0.3, 0.4) is 0 Å². The van der Waals surface area contributed by atoms with Crippen molar-refractivity contribution in [1.29, 1.82) is 0 Å².